The molecule has 2 heterocycles. The van der Waals surface area contributed by atoms with Gasteiger partial charge in [0.15, 0.2) is 11.5 Å². The van der Waals surface area contributed by atoms with E-state index < -0.39 is 0 Å². The van der Waals surface area contributed by atoms with Gasteiger partial charge in [-0.05, 0) is 11.4 Å². The molecule has 126 valence electrons. The molecular formula is C16H15ClN2O4S. The number of ether oxygens (including phenoxy) is 2. The fourth-order valence-electron chi connectivity index (χ4n) is 2.16. The lowest BCUT2D eigenvalue weighted by atomic mass is 10.2. The number of hydrogen-bond acceptors (Lipinski definition) is 5. The fraction of sp³-hybridized carbons (Fsp3) is 0.250. The number of halogens is 1. The molecule has 1 aliphatic rings. The maximum atomic E-state index is 12.0. The predicted octanol–water partition coefficient (Wildman–Crippen LogP) is 2.93. The van der Waals surface area contributed by atoms with Crippen molar-refractivity contribution in [2.75, 3.05) is 25.1 Å². The molecule has 0 spiro atoms. The number of benzene rings is 1. The van der Waals surface area contributed by atoms with Crippen LogP contribution in [0.4, 0.5) is 5.69 Å². The van der Waals surface area contributed by atoms with Gasteiger partial charge >= 0.3 is 0 Å². The van der Waals surface area contributed by atoms with Crippen LogP contribution < -0.4 is 20.1 Å². The van der Waals surface area contributed by atoms with E-state index in [2.05, 4.69) is 10.6 Å². The van der Waals surface area contributed by atoms with Crippen molar-refractivity contribution in [2.24, 2.45) is 0 Å². The number of carbonyl (C=O) groups excluding carboxylic acids is 2. The van der Waals surface area contributed by atoms with E-state index in [4.69, 9.17) is 21.1 Å². The molecule has 0 fully saturated rings. The Bertz CT molecular complexity index is 749. The normalized spacial score (nSPS) is 12.5. The average Bonchev–Trinajstić information content (AvgIpc) is 3.10. The summed E-state index contributed by atoms with van der Waals surface area (Å²) in [5.41, 5.74) is 0.454. The largest absolute Gasteiger partial charge is 0.486 e. The molecule has 6 nitrogen and oxygen atoms in total. The van der Waals surface area contributed by atoms with Gasteiger partial charge in [0.1, 0.15) is 13.2 Å². The number of anilines is 1. The third-order valence-corrected chi connectivity index (χ3v) is 4.47. The zero-order valence-corrected chi connectivity index (χ0v) is 14.2. The molecule has 24 heavy (non-hydrogen) atoms. The molecule has 1 aromatic heterocycles. The van der Waals surface area contributed by atoms with Crippen LogP contribution in [0, 0.1) is 0 Å². The molecule has 1 aliphatic heterocycles. The van der Waals surface area contributed by atoms with Crippen LogP contribution in [0.3, 0.4) is 0 Å². The summed E-state index contributed by atoms with van der Waals surface area (Å²) in [6.45, 7) is 1.17. The number of amides is 2. The van der Waals surface area contributed by atoms with Gasteiger partial charge in [0.25, 0.3) is 5.91 Å². The first-order valence-corrected chi connectivity index (χ1v) is 8.60. The maximum Gasteiger partial charge on any atom is 0.261 e. The van der Waals surface area contributed by atoms with Crippen molar-refractivity contribution in [3.05, 3.63) is 39.5 Å². The van der Waals surface area contributed by atoms with Crippen molar-refractivity contribution < 1.29 is 19.1 Å². The van der Waals surface area contributed by atoms with Crippen molar-refractivity contribution in [3.63, 3.8) is 0 Å². The van der Waals surface area contributed by atoms with E-state index in [1.165, 1.54) is 11.3 Å². The molecule has 0 saturated heterocycles. The quantitative estimate of drug-likeness (QED) is 0.853. The van der Waals surface area contributed by atoms with Crippen molar-refractivity contribution >= 4 is 40.4 Å². The molecule has 8 heteroatoms. The zero-order chi connectivity index (χ0) is 16.9. The molecule has 1 aromatic carbocycles. The van der Waals surface area contributed by atoms with Crippen molar-refractivity contribution in [1.82, 2.24) is 5.32 Å². The SMILES string of the molecule is O=C(CCNC(=O)c1cccs1)Nc1cc2c(cc1Cl)OCCO2. The number of fused-ring (bicyclic) bond motifs is 1. The molecule has 0 unspecified atom stereocenters. The minimum atomic E-state index is -0.250. The Morgan fingerprint density at radius 2 is 1.96 bits per heavy atom. The number of nitrogens with one attached hydrogen (secondary N) is 2. The van der Waals surface area contributed by atoms with Gasteiger partial charge in [-0.25, -0.2) is 0 Å². The lowest BCUT2D eigenvalue weighted by Crippen LogP contribution is -2.27. The Labute approximate surface area is 147 Å². The van der Waals surface area contributed by atoms with Crippen LogP contribution in [0.2, 0.25) is 5.02 Å². The van der Waals surface area contributed by atoms with Crippen LogP contribution in [0.1, 0.15) is 16.1 Å². The van der Waals surface area contributed by atoms with E-state index in [0.717, 1.165) is 0 Å². The summed E-state index contributed by atoms with van der Waals surface area (Å²) >= 11 is 7.49. The average molecular weight is 367 g/mol. The molecule has 0 aliphatic carbocycles. The van der Waals surface area contributed by atoms with Crippen molar-refractivity contribution in [2.45, 2.75) is 6.42 Å². The zero-order valence-electron chi connectivity index (χ0n) is 12.6. The summed E-state index contributed by atoms with van der Waals surface area (Å²) in [5, 5.41) is 7.61. The number of rotatable bonds is 5. The highest BCUT2D eigenvalue weighted by Gasteiger charge is 2.16. The Hall–Kier alpha value is -2.25. The highest BCUT2D eigenvalue weighted by molar-refractivity contribution is 7.12. The first-order valence-electron chi connectivity index (χ1n) is 7.34. The van der Waals surface area contributed by atoms with Crippen LogP contribution >= 0.6 is 22.9 Å². The highest BCUT2D eigenvalue weighted by atomic mass is 35.5. The molecule has 3 rings (SSSR count). The van der Waals surface area contributed by atoms with Crippen molar-refractivity contribution in [3.8, 4) is 11.5 Å². The Morgan fingerprint density at radius 3 is 2.67 bits per heavy atom. The van der Waals surface area contributed by atoms with Crippen LogP contribution in [-0.4, -0.2) is 31.6 Å². The Balaban J connectivity index is 1.52. The van der Waals surface area contributed by atoms with E-state index in [0.29, 0.717) is 40.3 Å². The van der Waals surface area contributed by atoms with Crippen LogP contribution in [-0.2, 0) is 4.79 Å². The second-order valence-electron chi connectivity index (χ2n) is 5.01. The third-order valence-electron chi connectivity index (χ3n) is 3.29. The lowest BCUT2D eigenvalue weighted by Gasteiger charge is -2.20. The van der Waals surface area contributed by atoms with Gasteiger partial charge in [-0.15, -0.1) is 11.3 Å². The van der Waals surface area contributed by atoms with Gasteiger partial charge in [-0.3, -0.25) is 9.59 Å². The lowest BCUT2D eigenvalue weighted by molar-refractivity contribution is -0.116. The van der Waals surface area contributed by atoms with E-state index in [-0.39, 0.29) is 24.8 Å². The monoisotopic (exact) mass is 366 g/mol. The molecule has 2 amide bonds. The van der Waals surface area contributed by atoms with Gasteiger partial charge < -0.3 is 20.1 Å². The van der Waals surface area contributed by atoms with E-state index in [9.17, 15) is 9.59 Å². The molecule has 0 atom stereocenters. The summed E-state index contributed by atoms with van der Waals surface area (Å²) in [5.74, 6) is 0.676. The van der Waals surface area contributed by atoms with Gasteiger partial charge in [0.05, 0.1) is 15.6 Å². The second-order valence-corrected chi connectivity index (χ2v) is 6.36. The van der Waals surface area contributed by atoms with E-state index in [1.807, 2.05) is 5.38 Å². The van der Waals surface area contributed by atoms with E-state index in [1.54, 1.807) is 24.3 Å². The molecule has 0 radical (unpaired) electrons. The van der Waals surface area contributed by atoms with Crippen LogP contribution in [0.5, 0.6) is 11.5 Å². The van der Waals surface area contributed by atoms with Crippen LogP contribution in [0.25, 0.3) is 0 Å². The third kappa shape index (κ3) is 3.98. The topological polar surface area (TPSA) is 76.7 Å². The minimum Gasteiger partial charge on any atom is -0.486 e. The summed E-state index contributed by atoms with van der Waals surface area (Å²) in [6.07, 6.45) is 0.141. The fourth-order valence-corrected chi connectivity index (χ4v) is 3.00. The highest BCUT2D eigenvalue weighted by Crippen LogP contribution is 2.37. The van der Waals surface area contributed by atoms with E-state index >= 15 is 0 Å². The molecule has 0 saturated carbocycles. The predicted molar refractivity (Wildman–Crippen MR) is 92.3 cm³/mol. The Morgan fingerprint density at radius 1 is 1.21 bits per heavy atom. The smallest absolute Gasteiger partial charge is 0.261 e. The van der Waals surface area contributed by atoms with Crippen molar-refractivity contribution in [1.29, 1.82) is 0 Å². The molecule has 2 aromatic rings. The minimum absolute atomic E-state index is 0.141. The molecular weight excluding hydrogens is 352 g/mol. The first-order chi connectivity index (χ1) is 11.6. The van der Waals surface area contributed by atoms with Gasteiger partial charge in [0, 0.05) is 25.1 Å². The molecule has 0 bridgehead atoms. The van der Waals surface area contributed by atoms with Crippen LogP contribution in [0.15, 0.2) is 29.6 Å². The number of thiophene rings is 1. The van der Waals surface area contributed by atoms with Gasteiger partial charge in [-0.1, -0.05) is 17.7 Å². The summed E-state index contributed by atoms with van der Waals surface area (Å²) in [4.78, 5) is 24.4. The number of carbonyl (C=O) groups is 2. The molecule has 2 N–H and O–H groups in total. The second kappa shape index (κ2) is 7.55. The summed E-state index contributed by atoms with van der Waals surface area (Å²) in [7, 11) is 0. The summed E-state index contributed by atoms with van der Waals surface area (Å²) in [6, 6.07) is 6.79. The first kappa shape index (κ1) is 16.6. The maximum absolute atomic E-state index is 12.0. The Kier molecular flexibility index (Phi) is 5.22. The summed E-state index contributed by atoms with van der Waals surface area (Å²) < 4.78 is 10.9. The van der Waals surface area contributed by atoms with Gasteiger partial charge in [-0.2, -0.15) is 0 Å². The van der Waals surface area contributed by atoms with Gasteiger partial charge in [0.2, 0.25) is 5.91 Å². The standard InChI is InChI=1S/C16H15ClN2O4S/c17-10-8-12-13(23-6-5-22-12)9-11(10)19-15(20)3-4-18-16(21)14-2-1-7-24-14/h1-2,7-9H,3-6H2,(H,18,21)(H,19,20). The number of hydrogen-bond donors (Lipinski definition) is 2.